The summed E-state index contributed by atoms with van der Waals surface area (Å²) in [6, 6.07) is 9.19. The minimum absolute atomic E-state index is 0.535. The fraction of sp³-hybridized carbons (Fsp3) is 0.625. The summed E-state index contributed by atoms with van der Waals surface area (Å²) in [6.07, 6.45) is 2.33. The molecular weight excluding hydrogens is 236 g/mol. The smallest absolute Gasteiger partial charge is 0.119 e. The van der Waals surface area contributed by atoms with Crippen LogP contribution in [0, 0.1) is 5.92 Å². The number of likely N-dealkylation sites (tertiary alicyclic amines) is 1. The van der Waals surface area contributed by atoms with Crippen LogP contribution in [-0.4, -0.2) is 38.7 Å². The zero-order valence-corrected chi connectivity index (χ0v) is 12.4. The molecule has 3 heteroatoms. The summed E-state index contributed by atoms with van der Waals surface area (Å²) in [6.45, 7) is 5.20. The summed E-state index contributed by atoms with van der Waals surface area (Å²) >= 11 is 0. The van der Waals surface area contributed by atoms with Crippen LogP contribution in [-0.2, 0) is 0 Å². The van der Waals surface area contributed by atoms with Crippen LogP contribution in [0.3, 0.4) is 0 Å². The van der Waals surface area contributed by atoms with Crippen LogP contribution < -0.4 is 10.1 Å². The van der Waals surface area contributed by atoms with Gasteiger partial charge in [0.1, 0.15) is 5.75 Å². The molecule has 0 amide bonds. The van der Waals surface area contributed by atoms with Crippen molar-refractivity contribution < 1.29 is 4.74 Å². The third-order valence-electron chi connectivity index (χ3n) is 3.93. The van der Waals surface area contributed by atoms with Gasteiger partial charge in [-0.2, -0.15) is 0 Å². The van der Waals surface area contributed by atoms with Gasteiger partial charge in [-0.3, -0.25) is 4.90 Å². The quantitative estimate of drug-likeness (QED) is 0.853. The largest absolute Gasteiger partial charge is 0.494 e. The van der Waals surface area contributed by atoms with Gasteiger partial charge in [0.25, 0.3) is 0 Å². The minimum Gasteiger partial charge on any atom is -0.494 e. The van der Waals surface area contributed by atoms with Crippen LogP contribution in [0.15, 0.2) is 24.3 Å². The highest BCUT2D eigenvalue weighted by Crippen LogP contribution is 2.36. The first-order valence-corrected chi connectivity index (χ1v) is 7.33. The highest BCUT2D eigenvalue weighted by molar-refractivity contribution is 5.30. The van der Waals surface area contributed by atoms with Crippen LogP contribution in [0.1, 0.15) is 31.4 Å². The maximum absolute atomic E-state index is 5.65. The van der Waals surface area contributed by atoms with E-state index in [-0.39, 0.29) is 0 Å². The summed E-state index contributed by atoms with van der Waals surface area (Å²) < 4.78 is 5.65. The van der Waals surface area contributed by atoms with Gasteiger partial charge in [0.15, 0.2) is 0 Å². The number of benzene rings is 1. The maximum Gasteiger partial charge on any atom is 0.119 e. The van der Waals surface area contributed by atoms with Crippen molar-refractivity contribution in [2.75, 3.05) is 33.8 Å². The highest BCUT2D eigenvalue weighted by atomic mass is 16.5. The van der Waals surface area contributed by atoms with Crippen LogP contribution in [0.5, 0.6) is 5.75 Å². The van der Waals surface area contributed by atoms with Crippen LogP contribution in [0.25, 0.3) is 0 Å². The predicted molar refractivity (Wildman–Crippen MR) is 79.6 cm³/mol. The molecule has 2 atom stereocenters. The van der Waals surface area contributed by atoms with E-state index in [9.17, 15) is 0 Å². The Balaban J connectivity index is 2.07. The molecule has 1 aliphatic rings. The van der Waals surface area contributed by atoms with Crippen molar-refractivity contribution in [3.05, 3.63) is 29.8 Å². The van der Waals surface area contributed by atoms with E-state index in [0.29, 0.717) is 12.0 Å². The Hall–Kier alpha value is -1.06. The van der Waals surface area contributed by atoms with Crippen LogP contribution in [0.4, 0.5) is 0 Å². The number of hydrogen-bond donors (Lipinski definition) is 1. The zero-order chi connectivity index (χ0) is 13.7. The SMILES string of the molecule is CCCOc1ccc(C2C(CNC)CCN2C)cc1. The minimum atomic E-state index is 0.535. The standard InChI is InChI=1S/C16H26N2O/c1-4-11-19-15-7-5-13(6-8-15)16-14(12-17-2)9-10-18(16)3/h5-8,14,16-17H,4,9-12H2,1-3H3. The van der Waals surface area contributed by atoms with Crippen molar-refractivity contribution in [2.45, 2.75) is 25.8 Å². The van der Waals surface area contributed by atoms with Crippen molar-refractivity contribution in [2.24, 2.45) is 5.92 Å². The summed E-state index contributed by atoms with van der Waals surface area (Å²) in [5.41, 5.74) is 1.41. The van der Waals surface area contributed by atoms with Crippen LogP contribution in [0.2, 0.25) is 0 Å². The average Bonchev–Trinajstić information content (AvgIpc) is 2.79. The molecule has 1 fully saturated rings. The van der Waals surface area contributed by atoms with Crippen molar-refractivity contribution in [3.8, 4) is 5.75 Å². The third kappa shape index (κ3) is 3.48. The second-order valence-electron chi connectivity index (χ2n) is 5.45. The molecule has 0 saturated carbocycles. The lowest BCUT2D eigenvalue weighted by atomic mass is 9.93. The second kappa shape index (κ2) is 6.92. The molecule has 0 radical (unpaired) electrons. The first-order chi connectivity index (χ1) is 9.26. The van der Waals surface area contributed by atoms with Gasteiger partial charge in [0, 0.05) is 6.04 Å². The molecule has 0 bridgehead atoms. The highest BCUT2D eigenvalue weighted by Gasteiger charge is 2.32. The number of hydrogen-bond acceptors (Lipinski definition) is 3. The number of rotatable bonds is 6. The van der Waals surface area contributed by atoms with E-state index in [1.165, 1.54) is 18.5 Å². The zero-order valence-electron chi connectivity index (χ0n) is 12.4. The van der Waals surface area contributed by atoms with E-state index in [2.05, 4.69) is 48.5 Å². The van der Waals surface area contributed by atoms with Gasteiger partial charge in [0.05, 0.1) is 6.61 Å². The molecule has 0 spiro atoms. The molecule has 0 aliphatic carbocycles. The fourth-order valence-corrected chi connectivity index (χ4v) is 3.01. The number of nitrogens with zero attached hydrogens (tertiary/aromatic N) is 1. The van der Waals surface area contributed by atoms with E-state index in [4.69, 9.17) is 4.74 Å². The van der Waals surface area contributed by atoms with Gasteiger partial charge in [-0.15, -0.1) is 0 Å². The molecule has 3 nitrogen and oxygen atoms in total. The molecule has 1 aromatic carbocycles. The first-order valence-electron chi connectivity index (χ1n) is 7.33. The van der Waals surface area contributed by atoms with E-state index in [1.54, 1.807) is 0 Å². The van der Waals surface area contributed by atoms with Crippen molar-refractivity contribution in [3.63, 3.8) is 0 Å². The van der Waals surface area contributed by atoms with Gasteiger partial charge in [-0.1, -0.05) is 19.1 Å². The molecule has 1 aromatic rings. The molecule has 1 heterocycles. The number of ether oxygens (including phenoxy) is 1. The lowest BCUT2D eigenvalue weighted by Gasteiger charge is -2.25. The van der Waals surface area contributed by atoms with Crippen LogP contribution >= 0.6 is 0 Å². The van der Waals surface area contributed by atoms with Crippen molar-refractivity contribution in [1.82, 2.24) is 10.2 Å². The molecule has 1 saturated heterocycles. The Morgan fingerprint density at radius 3 is 2.68 bits per heavy atom. The van der Waals surface area contributed by atoms with Gasteiger partial charge in [-0.25, -0.2) is 0 Å². The Kier molecular flexibility index (Phi) is 5.23. The van der Waals surface area contributed by atoms with Gasteiger partial charge in [0.2, 0.25) is 0 Å². The summed E-state index contributed by atoms with van der Waals surface area (Å²) in [5.74, 6) is 1.69. The predicted octanol–water partition coefficient (Wildman–Crippen LogP) is 2.69. The molecule has 1 N–H and O–H groups in total. The average molecular weight is 262 g/mol. The van der Waals surface area contributed by atoms with Gasteiger partial charge < -0.3 is 10.1 Å². The summed E-state index contributed by atoms with van der Waals surface area (Å²) in [4.78, 5) is 2.46. The molecular formula is C16H26N2O. The summed E-state index contributed by atoms with van der Waals surface area (Å²) in [7, 11) is 4.26. The topological polar surface area (TPSA) is 24.5 Å². The monoisotopic (exact) mass is 262 g/mol. The molecule has 2 rings (SSSR count). The van der Waals surface area contributed by atoms with E-state index in [0.717, 1.165) is 25.3 Å². The number of nitrogens with one attached hydrogen (secondary N) is 1. The maximum atomic E-state index is 5.65. The van der Waals surface area contributed by atoms with Gasteiger partial charge >= 0.3 is 0 Å². The first kappa shape index (κ1) is 14.4. The molecule has 1 aliphatic heterocycles. The summed E-state index contributed by atoms with van der Waals surface area (Å²) in [5, 5.41) is 3.32. The van der Waals surface area contributed by atoms with E-state index in [1.807, 2.05) is 7.05 Å². The van der Waals surface area contributed by atoms with E-state index >= 15 is 0 Å². The Morgan fingerprint density at radius 2 is 2.05 bits per heavy atom. The second-order valence-corrected chi connectivity index (χ2v) is 5.45. The molecule has 0 aromatic heterocycles. The van der Waals surface area contributed by atoms with E-state index < -0.39 is 0 Å². The Morgan fingerprint density at radius 1 is 1.32 bits per heavy atom. The lowest BCUT2D eigenvalue weighted by Crippen LogP contribution is -2.26. The fourth-order valence-electron chi connectivity index (χ4n) is 3.01. The normalized spacial score (nSPS) is 23.7. The Labute approximate surface area is 116 Å². The van der Waals surface area contributed by atoms with Crippen molar-refractivity contribution >= 4 is 0 Å². The molecule has 19 heavy (non-hydrogen) atoms. The molecule has 2 unspecified atom stereocenters. The Bertz CT molecular complexity index is 375. The lowest BCUT2D eigenvalue weighted by molar-refractivity contribution is 0.273. The van der Waals surface area contributed by atoms with Gasteiger partial charge in [-0.05, 0) is 63.6 Å². The molecule has 106 valence electrons. The third-order valence-corrected chi connectivity index (χ3v) is 3.93. The van der Waals surface area contributed by atoms with Crippen molar-refractivity contribution in [1.29, 1.82) is 0 Å².